The van der Waals surface area contributed by atoms with Crippen LogP contribution in [0.5, 0.6) is 0 Å². The highest BCUT2D eigenvalue weighted by molar-refractivity contribution is 8.00. The largest absolute Gasteiger partial charge is 0.326 e. The van der Waals surface area contributed by atoms with Crippen LogP contribution in [0.2, 0.25) is 0 Å². The van der Waals surface area contributed by atoms with E-state index in [2.05, 4.69) is 10.6 Å². The van der Waals surface area contributed by atoms with Gasteiger partial charge in [-0.25, -0.2) is 0 Å². The summed E-state index contributed by atoms with van der Waals surface area (Å²) in [4.78, 5) is 25.4. The third kappa shape index (κ3) is 6.36. The van der Waals surface area contributed by atoms with Crippen LogP contribution in [-0.4, -0.2) is 17.6 Å². The van der Waals surface area contributed by atoms with Crippen LogP contribution in [0.4, 0.5) is 11.4 Å². The van der Waals surface area contributed by atoms with Crippen LogP contribution in [0.15, 0.2) is 71.6 Å². The van der Waals surface area contributed by atoms with E-state index in [1.807, 2.05) is 87.5 Å². The molecule has 0 aliphatic carbocycles. The molecule has 3 rings (SSSR count). The molecule has 0 aromatic heterocycles. The lowest BCUT2D eigenvalue weighted by atomic mass is 9.92. The number of amides is 2. The Labute approximate surface area is 176 Å². The number of rotatable bonds is 6. The summed E-state index contributed by atoms with van der Waals surface area (Å²) in [5, 5.41) is 8.04. The first-order valence-corrected chi connectivity index (χ1v) is 10.6. The first-order chi connectivity index (χ1) is 13.8. The van der Waals surface area contributed by atoms with E-state index in [0.717, 1.165) is 27.0 Å². The second-order valence-corrected chi connectivity index (χ2v) is 9.22. The summed E-state index contributed by atoms with van der Waals surface area (Å²) in [5.41, 5.74) is 1.55. The van der Waals surface area contributed by atoms with E-state index >= 15 is 0 Å². The molecule has 3 aromatic rings. The van der Waals surface area contributed by atoms with Crippen LogP contribution >= 0.6 is 11.8 Å². The number of hydrogen-bond donors (Lipinski definition) is 2. The standard InChI is InChI=1S/C24H26N2O2S/c1-24(2,3)15-22(27)25-18-11-13-19(14-12-18)29-16-23(28)26-21-10-6-8-17-7-4-5-9-20(17)21/h4-14H,15-16H2,1-3H3,(H,25,27)(H,26,28). The minimum absolute atomic E-state index is 0.00682. The molecule has 0 atom stereocenters. The van der Waals surface area contributed by atoms with Crippen LogP contribution in [0.3, 0.4) is 0 Å². The molecule has 4 nitrogen and oxygen atoms in total. The number of anilines is 2. The fourth-order valence-corrected chi connectivity index (χ4v) is 3.69. The van der Waals surface area contributed by atoms with Gasteiger partial charge in [-0.2, -0.15) is 0 Å². The van der Waals surface area contributed by atoms with Crippen molar-refractivity contribution in [2.75, 3.05) is 16.4 Å². The zero-order valence-electron chi connectivity index (χ0n) is 17.0. The normalized spacial score (nSPS) is 11.3. The molecular weight excluding hydrogens is 380 g/mol. The van der Waals surface area contributed by atoms with E-state index in [1.165, 1.54) is 11.8 Å². The van der Waals surface area contributed by atoms with Crippen LogP contribution in [-0.2, 0) is 9.59 Å². The molecule has 2 amide bonds. The van der Waals surface area contributed by atoms with Crippen molar-refractivity contribution in [1.82, 2.24) is 0 Å². The van der Waals surface area contributed by atoms with Crippen LogP contribution in [0, 0.1) is 5.41 Å². The van der Waals surface area contributed by atoms with Gasteiger partial charge in [0.2, 0.25) is 11.8 Å². The molecule has 0 fully saturated rings. The van der Waals surface area contributed by atoms with Gasteiger partial charge in [-0.05, 0) is 41.1 Å². The fraction of sp³-hybridized carbons (Fsp3) is 0.250. The number of carbonyl (C=O) groups excluding carboxylic acids is 2. The second kappa shape index (κ2) is 9.14. The molecule has 0 unspecified atom stereocenters. The molecule has 5 heteroatoms. The molecule has 0 saturated carbocycles. The molecule has 0 saturated heterocycles. The minimum atomic E-state index is -0.0473. The quantitative estimate of drug-likeness (QED) is 0.498. The van der Waals surface area contributed by atoms with Crippen LogP contribution in [0.25, 0.3) is 10.8 Å². The highest BCUT2D eigenvalue weighted by Crippen LogP contribution is 2.25. The van der Waals surface area contributed by atoms with E-state index in [0.29, 0.717) is 12.2 Å². The summed E-state index contributed by atoms with van der Waals surface area (Å²) in [5.74, 6) is 0.278. The van der Waals surface area contributed by atoms with Crippen molar-refractivity contribution in [1.29, 1.82) is 0 Å². The second-order valence-electron chi connectivity index (χ2n) is 8.17. The molecule has 0 heterocycles. The van der Waals surface area contributed by atoms with Crippen molar-refractivity contribution in [3.8, 4) is 0 Å². The summed E-state index contributed by atoms with van der Waals surface area (Å²) in [7, 11) is 0. The predicted molar refractivity (Wildman–Crippen MR) is 122 cm³/mol. The lowest BCUT2D eigenvalue weighted by Gasteiger charge is -2.17. The van der Waals surface area contributed by atoms with Gasteiger partial charge in [0.15, 0.2) is 0 Å². The van der Waals surface area contributed by atoms with Gasteiger partial charge in [0.1, 0.15) is 0 Å². The van der Waals surface area contributed by atoms with Gasteiger partial charge in [-0.15, -0.1) is 11.8 Å². The highest BCUT2D eigenvalue weighted by Gasteiger charge is 2.16. The smallest absolute Gasteiger partial charge is 0.234 e. The van der Waals surface area contributed by atoms with Crippen molar-refractivity contribution in [2.45, 2.75) is 32.1 Å². The summed E-state index contributed by atoms with van der Waals surface area (Å²) < 4.78 is 0. The number of thioether (sulfide) groups is 1. The van der Waals surface area contributed by atoms with Gasteiger partial charge in [-0.3, -0.25) is 9.59 Å². The van der Waals surface area contributed by atoms with Crippen LogP contribution < -0.4 is 10.6 Å². The van der Waals surface area contributed by atoms with Gasteiger partial charge in [0.05, 0.1) is 5.75 Å². The maximum absolute atomic E-state index is 12.4. The Balaban J connectivity index is 1.53. The Bertz CT molecular complexity index is 1000. The average Bonchev–Trinajstić information content (AvgIpc) is 2.66. The number of fused-ring (bicyclic) bond motifs is 1. The first kappa shape index (κ1) is 20.9. The van der Waals surface area contributed by atoms with Gasteiger partial charge >= 0.3 is 0 Å². The molecule has 2 N–H and O–H groups in total. The number of carbonyl (C=O) groups is 2. The van der Waals surface area contributed by atoms with Gasteiger partial charge in [-0.1, -0.05) is 57.2 Å². The monoisotopic (exact) mass is 406 g/mol. The van der Waals surface area contributed by atoms with E-state index < -0.39 is 0 Å². The van der Waals surface area contributed by atoms with Crippen molar-refractivity contribution in [3.05, 3.63) is 66.7 Å². The Kier molecular flexibility index (Phi) is 6.60. The molecule has 0 aliphatic rings. The number of nitrogens with one attached hydrogen (secondary N) is 2. The lowest BCUT2D eigenvalue weighted by molar-refractivity contribution is -0.118. The Morgan fingerprint density at radius 1 is 0.828 bits per heavy atom. The molecule has 0 bridgehead atoms. The predicted octanol–water partition coefficient (Wildman–Crippen LogP) is 5.95. The summed E-state index contributed by atoms with van der Waals surface area (Å²) in [6.45, 7) is 6.11. The van der Waals surface area contributed by atoms with Gasteiger partial charge < -0.3 is 10.6 Å². The topological polar surface area (TPSA) is 58.2 Å². The molecule has 0 spiro atoms. The fourth-order valence-electron chi connectivity index (χ4n) is 2.99. The van der Waals surface area contributed by atoms with Crippen LogP contribution in [0.1, 0.15) is 27.2 Å². The average molecular weight is 407 g/mol. The third-order valence-electron chi connectivity index (χ3n) is 4.26. The Hall–Kier alpha value is -2.79. The third-order valence-corrected chi connectivity index (χ3v) is 5.27. The SMILES string of the molecule is CC(C)(C)CC(=O)Nc1ccc(SCC(=O)Nc2cccc3ccccc23)cc1. The van der Waals surface area contributed by atoms with Gasteiger partial charge in [0.25, 0.3) is 0 Å². The van der Waals surface area contributed by atoms with E-state index in [4.69, 9.17) is 0 Å². The van der Waals surface area contributed by atoms with Crippen molar-refractivity contribution in [2.24, 2.45) is 5.41 Å². The number of benzene rings is 3. The van der Waals surface area contributed by atoms with Gasteiger partial charge in [0, 0.05) is 28.1 Å². The first-order valence-electron chi connectivity index (χ1n) is 9.60. The maximum atomic E-state index is 12.4. The van der Waals surface area contributed by atoms with E-state index in [9.17, 15) is 9.59 Å². The Morgan fingerprint density at radius 2 is 1.52 bits per heavy atom. The maximum Gasteiger partial charge on any atom is 0.234 e. The van der Waals surface area contributed by atoms with E-state index in [1.54, 1.807) is 0 Å². The summed E-state index contributed by atoms with van der Waals surface area (Å²) >= 11 is 1.47. The molecule has 3 aromatic carbocycles. The molecular formula is C24H26N2O2S. The molecule has 29 heavy (non-hydrogen) atoms. The zero-order valence-corrected chi connectivity index (χ0v) is 17.8. The lowest BCUT2D eigenvalue weighted by Crippen LogP contribution is -2.19. The minimum Gasteiger partial charge on any atom is -0.326 e. The molecule has 150 valence electrons. The summed E-state index contributed by atoms with van der Waals surface area (Å²) in [6, 6.07) is 21.4. The molecule has 0 aliphatic heterocycles. The van der Waals surface area contributed by atoms with Crippen molar-refractivity contribution in [3.63, 3.8) is 0 Å². The van der Waals surface area contributed by atoms with Crippen molar-refractivity contribution >= 4 is 45.7 Å². The zero-order chi connectivity index (χ0) is 20.9. The highest BCUT2D eigenvalue weighted by atomic mass is 32.2. The number of hydrogen-bond acceptors (Lipinski definition) is 3. The summed E-state index contributed by atoms with van der Waals surface area (Å²) in [6.07, 6.45) is 0.470. The molecule has 0 radical (unpaired) electrons. The van der Waals surface area contributed by atoms with Crippen molar-refractivity contribution < 1.29 is 9.59 Å². The van der Waals surface area contributed by atoms with E-state index in [-0.39, 0.29) is 17.2 Å². The Morgan fingerprint density at radius 3 is 2.24 bits per heavy atom.